The Balaban J connectivity index is 2.71. The fourth-order valence-electron chi connectivity index (χ4n) is 1.71. The predicted molar refractivity (Wildman–Crippen MR) is 70.0 cm³/mol. The summed E-state index contributed by atoms with van der Waals surface area (Å²) in [6, 6.07) is 0. The van der Waals surface area contributed by atoms with Crippen LogP contribution in [0.15, 0.2) is 16.3 Å². The van der Waals surface area contributed by atoms with Gasteiger partial charge in [-0.3, -0.25) is 4.21 Å². The number of nitrogens with zero attached hydrogens (tertiary/aromatic N) is 3. The third kappa shape index (κ3) is 1.95. The Hall–Kier alpha value is -1.28. The van der Waals surface area contributed by atoms with Crippen LogP contribution in [0.5, 0.6) is 0 Å². The largest absolute Gasteiger partial charge is 0.261 e. The number of allylic oxidation sites excluding steroid dienone is 1. The lowest BCUT2D eigenvalue weighted by molar-refractivity contribution is 0.596. The highest BCUT2D eigenvalue weighted by Gasteiger charge is 2.31. The molecule has 8 heteroatoms. The summed E-state index contributed by atoms with van der Waals surface area (Å²) in [5.41, 5.74) is 0.623. The van der Waals surface area contributed by atoms with Crippen molar-refractivity contribution in [1.82, 2.24) is 9.97 Å². The maximum atomic E-state index is 12.1. The van der Waals surface area contributed by atoms with Gasteiger partial charge in [0.05, 0.1) is 15.7 Å². The average Bonchev–Trinajstić information content (AvgIpc) is 2.30. The number of anilines is 1. The van der Waals surface area contributed by atoms with E-state index in [4.69, 9.17) is 0 Å². The molecule has 1 atom stereocenters. The maximum Gasteiger partial charge on any atom is 0.261 e. The van der Waals surface area contributed by atoms with E-state index in [0.29, 0.717) is 11.4 Å². The summed E-state index contributed by atoms with van der Waals surface area (Å²) in [5.74, 6) is 0.295. The van der Waals surface area contributed by atoms with Crippen molar-refractivity contribution in [3.63, 3.8) is 0 Å². The van der Waals surface area contributed by atoms with E-state index in [0.717, 1.165) is 0 Å². The molecule has 1 unspecified atom stereocenters. The second-order valence-corrected chi connectivity index (χ2v) is 7.12. The van der Waals surface area contributed by atoms with E-state index in [-0.39, 0.29) is 16.6 Å². The summed E-state index contributed by atoms with van der Waals surface area (Å²) in [5, 5.41) is 0.135. The normalized spacial score (nSPS) is 19.1. The Morgan fingerprint density at radius 3 is 2.67 bits per heavy atom. The molecule has 0 saturated carbocycles. The molecule has 18 heavy (non-hydrogen) atoms. The van der Waals surface area contributed by atoms with E-state index in [1.54, 1.807) is 6.92 Å². The zero-order valence-corrected chi connectivity index (χ0v) is 11.9. The topological polar surface area (TPSA) is 80.2 Å². The summed E-state index contributed by atoms with van der Waals surface area (Å²) in [7, 11) is -4.84. The van der Waals surface area contributed by atoms with Gasteiger partial charge in [0, 0.05) is 24.6 Å². The van der Waals surface area contributed by atoms with Crippen LogP contribution in [-0.2, 0) is 20.8 Å². The first-order valence-corrected chi connectivity index (χ1v) is 8.29. The van der Waals surface area contributed by atoms with Crippen LogP contribution in [0.2, 0.25) is 0 Å². The first-order chi connectivity index (χ1) is 8.37. The second kappa shape index (κ2) is 4.43. The highest BCUT2D eigenvalue weighted by Crippen LogP contribution is 2.31. The Kier molecular flexibility index (Phi) is 3.24. The highest BCUT2D eigenvalue weighted by molar-refractivity contribution is 7.96. The zero-order chi connectivity index (χ0) is 13.5. The molecule has 1 aliphatic rings. The molecule has 0 N–H and O–H groups in total. The Morgan fingerprint density at radius 2 is 2.11 bits per heavy atom. The number of hydrogen-bond acceptors (Lipinski definition) is 5. The number of aromatic nitrogens is 2. The zero-order valence-electron chi connectivity index (χ0n) is 10.2. The molecule has 98 valence electrons. The molecule has 0 amide bonds. The summed E-state index contributed by atoms with van der Waals surface area (Å²) in [4.78, 5) is 8.31. The second-order valence-electron chi connectivity index (χ2n) is 3.81. The van der Waals surface area contributed by atoms with Crippen molar-refractivity contribution in [3.05, 3.63) is 16.7 Å². The van der Waals surface area contributed by atoms with Crippen LogP contribution < -0.4 is 4.31 Å². The Morgan fingerprint density at radius 1 is 1.44 bits per heavy atom. The van der Waals surface area contributed by atoms with Gasteiger partial charge in [-0.2, -0.15) is 0 Å². The Bertz CT molecular complexity index is 652. The highest BCUT2D eigenvalue weighted by atomic mass is 32.2. The van der Waals surface area contributed by atoms with Crippen molar-refractivity contribution in [3.8, 4) is 0 Å². The number of fused-ring (bicyclic) bond motifs is 1. The molecule has 2 heterocycles. The lowest BCUT2D eigenvalue weighted by Crippen LogP contribution is -2.34. The van der Waals surface area contributed by atoms with E-state index in [1.165, 1.54) is 29.8 Å². The summed E-state index contributed by atoms with van der Waals surface area (Å²) < 4.78 is 36.8. The minimum Gasteiger partial charge on any atom is -0.251 e. The minimum absolute atomic E-state index is 0.135. The number of hydrogen-bond donors (Lipinski definition) is 0. The van der Waals surface area contributed by atoms with Crippen LogP contribution in [-0.4, -0.2) is 35.4 Å². The van der Waals surface area contributed by atoms with Gasteiger partial charge in [0.2, 0.25) is 5.16 Å². The lowest BCUT2D eigenvalue weighted by Gasteiger charge is -2.27. The molecule has 0 bridgehead atoms. The average molecular weight is 287 g/mol. The molecule has 0 fully saturated rings. The van der Waals surface area contributed by atoms with Gasteiger partial charge in [-0.1, -0.05) is 0 Å². The van der Waals surface area contributed by atoms with Crippen molar-refractivity contribution in [2.45, 2.75) is 19.0 Å². The van der Waals surface area contributed by atoms with Gasteiger partial charge >= 0.3 is 0 Å². The monoisotopic (exact) mass is 287 g/mol. The molecule has 1 aliphatic heterocycles. The number of rotatable bonds is 2. The lowest BCUT2D eigenvalue weighted by atomic mass is 10.3. The Labute approximate surface area is 108 Å². The fourth-order valence-corrected chi connectivity index (χ4v) is 3.46. The van der Waals surface area contributed by atoms with Crippen LogP contribution in [0.1, 0.15) is 19.4 Å². The van der Waals surface area contributed by atoms with E-state index in [9.17, 15) is 12.6 Å². The van der Waals surface area contributed by atoms with Crippen LogP contribution in [0.25, 0.3) is 6.08 Å². The number of sulfonamides is 1. The van der Waals surface area contributed by atoms with Gasteiger partial charge in [-0.05, 0) is 19.9 Å². The summed E-state index contributed by atoms with van der Waals surface area (Å²) in [6.07, 6.45) is 4.48. The van der Waals surface area contributed by atoms with Crippen LogP contribution in [0.3, 0.4) is 0 Å². The third-order valence-corrected chi connectivity index (χ3v) is 5.26. The summed E-state index contributed by atoms with van der Waals surface area (Å²) >= 11 is 0. The molecule has 0 aromatic carbocycles. The van der Waals surface area contributed by atoms with Gasteiger partial charge in [0.25, 0.3) is 10.0 Å². The first-order valence-electron chi connectivity index (χ1n) is 5.29. The van der Waals surface area contributed by atoms with Crippen molar-refractivity contribution < 1.29 is 12.6 Å². The van der Waals surface area contributed by atoms with Crippen molar-refractivity contribution in [2.24, 2.45) is 0 Å². The summed E-state index contributed by atoms with van der Waals surface area (Å²) in [6.45, 7) is 3.53. The molecule has 0 saturated heterocycles. The molecule has 6 nitrogen and oxygen atoms in total. The van der Waals surface area contributed by atoms with Gasteiger partial charge in [-0.25, -0.2) is 22.7 Å². The molecular weight excluding hydrogens is 274 g/mol. The predicted octanol–water partition coefficient (Wildman–Crippen LogP) is 0.745. The maximum absolute atomic E-state index is 12.1. The molecular formula is C10H13N3O3S2. The molecule has 0 radical (unpaired) electrons. The molecule has 1 aromatic heterocycles. The van der Waals surface area contributed by atoms with Crippen LogP contribution in [0.4, 0.5) is 5.82 Å². The standard InChI is InChI=1S/C10H13N3O3S2/c1-4-13-9-8(5-7(2)18(13,15)16)6-11-10(12-9)17(3)14/h5-6H,4H2,1-3H3. The molecule has 0 aliphatic carbocycles. The van der Waals surface area contributed by atoms with Gasteiger partial charge < -0.3 is 0 Å². The van der Waals surface area contributed by atoms with Gasteiger partial charge in [0.15, 0.2) is 5.82 Å². The third-order valence-electron chi connectivity index (χ3n) is 2.61. The van der Waals surface area contributed by atoms with Crippen LogP contribution in [0, 0.1) is 0 Å². The fraction of sp³-hybridized carbons (Fsp3) is 0.400. The van der Waals surface area contributed by atoms with Gasteiger partial charge in [0.1, 0.15) is 0 Å². The minimum atomic E-state index is -3.50. The van der Waals surface area contributed by atoms with Crippen LogP contribution >= 0.6 is 0 Å². The first kappa shape index (κ1) is 13.2. The van der Waals surface area contributed by atoms with Crippen molar-refractivity contribution in [2.75, 3.05) is 17.1 Å². The van der Waals surface area contributed by atoms with Gasteiger partial charge in [-0.15, -0.1) is 0 Å². The molecule has 2 rings (SSSR count). The quantitative estimate of drug-likeness (QED) is 0.750. The van der Waals surface area contributed by atoms with Crippen molar-refractivity contribution in [1.29, 1.82) is 0 Å². The SMILES string of the molecule is CCN1c2nc(S(C)=O)ncc2C=C(C)S1(=O)=O. The molecule has 1 aromatic rings. The molecule has 0 spiro atoms. The van der Waals surface area contributed by atoms with E-state index in [2.05, 4.69) is 9.97 Å². The van der Waals surface area contributed by atoms with Crippen molar-refractivity contribution >= 4 is 32.7 Å². The van der Waals surface area contributed by atoms with E-state index >= 15 is 0 Å². The van der Waals surface area contributed by atoms with E-state index in [1.807, 2.05) is 0 Å². The smallest absolute Gasteiger partial charge is 0.251 e. The van der Waals surface area contributed by atoms with E-state index < -0.39 is 20.8 Å².